The van der Waals surface area contributed by atoms with Crippen LogP contribution in [0.15, 0.2) is 18.2 Å². The van der Waals surface area contributed by atoms with E-state index in [0.717, 1.165) is 5.56 Å². The van der Waals surface area contributed by atoms with Crippen molar-refractivity contribution in [3.8, 4) is 5.75 Å². The Kier molecular flexibility index (Phi) is 5.82. The minimum absolute atomic E-state index is 0.0287. The summed E-state index contributed by atoms with van der Waals surface area (Å²) in [5, 5.41) is 7.42. The lowest BCUT2D eigenvalue weighted by Crippen LogP contribution is -2.13. The number of methoxy groups -OCH3 is 1. The van der Waals surface area contributed by atoms with E-state index in [2.05, 4.69) is 0 Å². The number of ether oxygens (including phenoxy) is 2. The van der Waals surface area contributed by atoms with Crippen molar-refractivity contribution >= 4 is 5.84 Å². The summed E-state index contributed by atoms with van der Waals surface area (Å²) in [7, 11) is 1.47. The molecule has 0 radical (unpaired) electrons. The van der Waals surface area contributed by atoms with Gasteiger partial charge in [0.2, 0.25) is 0 Å². The molecule has 112 valence electrons. The van der Waals surface area contributed by atoms with Crippen molar-refractivity contribution in [3.63, 3.8) is 0 Å². The zero-order chi connectivity index (χ0) is 15.2. The Morgan fingerprint density at radius 1 is 1.35 bits per heavy atom. The first-order valence-corrected chi connectivity index (χ1v) is 5.99. The molecule has 0 spiro atoms. The number of hydrogen-bond donors (Lipinski definition) is 2. The van der Waals surface area contributed by atoms with Crippen LogP contribution < -0.4 is 10.5 Å². The minimum Gasteiger partial charge on any atom is -0.496 e. The van der Waals surface area contributed by atoms with Gasteiger partial charge in [0.1, 0.15) is 11.6 Å². The summed E-state index contributed by atoms with van der Waals surface area (Å²) in [4.78, 5) is 0. The zero-order valence-electron chi connectivity index (χ0n) is 11.1. The molecule has 0 heterocycles. The van der Waals surface area contributed by atoms with Crippen LogP contribution in [0.1, 0.15) is 24.0 Å². The molecule has 0 aliphatic carbocycles. The SMILES string of the molecule is COc1ccc(COCCCC(F)(F)F)cc1C(=N)N. The van der Waals surface area contributed by atoms with Gasteiger partial charge in [-0.1, -0.05) is 6.07 Å². The van der Waals surface area contributed by atoms with Gasteiger partial charge in [0.15, 0.2) is 0 Å². The third-order valence-electron chi connectivity index (χ3n) is 2.57. The molecule has 0 amide bonds. The summed E-state index contributed by atoms with van der Waals surface area (Å²) in [6, 6.07) is 4.99. The summed E-state index contributed by atoms with van der Waals surface area (Å²) in [5.41, 5.74) is 6.58. The molecule has 0 fully saturated rings. The van der Waals surface area contributed by atoms with Crippen molar-refractivity contribution in [2.45, 2.75) is 25.6 Å². The van der Waals surface area contributed by atoms with Gasteiger partial charge in [0, 0.05) is 13.0 Å². The zero-order valence-corrected chi connectivity index (χ0v) is 11.1. The fourth-order valence-corrected chi connectivity index (χ4v) is 1.62. The molecule has 20 heavy (non-hydrogen) atoms. The Morgan fingerprint density at radius 2 is 2.05 bits per heavy atom. The minimum atomic E-state index is -4.15. The van der Waals surface area contributed by atoms with Crippen LogP contribution in [0.5, 0.6) is 5.75 Å². The summed E-state index contributed by atoms with van der Waals surface area (Å²) in [5.74, 6) is 0.332. The molecule has 1 rings (SSSR count). The molecule has 0 saturated carbocycles. The van der Waals surface area contributed by atoms with Gasteiger partial charge >= 0.3 is 6.18 Å². The van der Waals surface area contributed by atoms with Gasteiger partial charge in [-0.05, 0) is 24.1 Å². The van der Waals surface area contributed by atoms with Crippen molar-refractivity contribution in [3.05, 3.63) is 29.3 Å². The second-order valence-electron chi connectivity index (χ2n) is 4.22. The highest BCUT2D eigenvalue weighted by molar-refractivity contribution is 5.97. The second-order valence-corrected chi connectivity index (χ2v) is 4.22. The van der Waals surface area contributed by atoms with Crippen LogP contribution in [0.3, 0.4) is 0 Å². The maximum Gasteiger partial charge on any atom is 0.389 e. The van der Waals surface area contributed by atoms with Gasteiger partial charge in [0.05, 0.1) is 19.3 Å². The van der Waals surface area contributed by atoms with E-state index in [4.69, 9.17) is 20.6 Å². The first-order valence-electron chi connectivity index (χ1n) is 5.99. The molecular weight excluding hydrogens is 273 g/mol. The topological polar surface area (TPSA) is 68.3 Å². The van der Waals surface area contributed by atoms with Gasteiger partial charge in [-0.2, -0.15) is 13.2 Å². The van der Waals surface area contributed by atoms with E-state index in [1.165, 1.54) is 7.11 Å². The van der Waals surface area contributed by atoms with E-state index < -0.39 is 12.6 Å². The maximum atomic E-state index is 11.9. The molecule has 3 N–H and O–H groups in total. The Balaban J connectivity index is 2.49. The first-order chi connectivity index (χ1) is 9.33. The molecule has 7 heteroatoms. The van der Waals surface area contributed by atoms with E-state index in [1.54, 1.807) is 18.2 Å². The van der Waals surface area contributed by atoms with Gasteiger partial charge in [0.25, 0.3) is 0 Å². The number of alkyl halides is 3. The predicted octanol–water partition coefficient (Wildman–Crippen LogP) is 2.84. The molecule has 4 nitrogen and oxygen atoms in total. The quantitative estimate of drug-likeness (QED) is 0.461. The Labute approximate surface area is 115 Å². The monoisotopic (exact) mass is 290 g/mol. The molecule has 0 bridgehead atoms. The number of benzene rings is 1. The van der Waals surface area contributed by atoms with Crippen LogP contribution in [0.2, 0.25) is 0 Å². The molecule has 0 aromatic heterocycles. The Morgan fingerprint density at radius 3 is 2.60 bits per heavy atom. The van der Waals surface area contributed by atoms with E-state index in [-0.39, 0.29) is 25.5 Å². The second kappa shape index (κ2) is 7.14. The average molecular weight is 290 g/mol. The van der Waals surface area contributed by atoms with Crippen LogP contribution in [-0.2, 0) is 11.3 Å². The van der Waals surface area contributed by atoms with Crippen LogP contribution in [0, 0.1) is 5.41 Å². The lowest BCUT2D eigenvalue weighted by molar-refractivity contribution is -0.138. The molecule has 1 aromatic carbocycles. The first kappa shape index (κ1) is 16.3. The Hall–Kier alpha value is -1.76. The fourth-order valence-electron chi connectivity index (χ4n) is 1.62. The number of nitrogen functional groups attached to an aromatic ring is 1. The number of halogens is 3. The summed E-state index contributed by atoms with van der Waals surface area (Å²) in [6.45, 7) is 0.197. The van der Waals surface area contributed by atoms with Crippen molar-refractivity contribution in [2.75, 3.05) is 13.7 Å². The number of hydrogen-bond acceptors (Lipinski definition) is 3. The number of rotatable bonds is 7. The van der Waals surface area contributed by atoms with Crippen molar-refractivity contribution in [1.82, 2.24) is 0 Å². The smallest absolute Gasteiger partial charge is 0.389 e. The van der Waals surface area contributed by atoms with Gasteiger partial charge in [-0.25, -0.2) is 0 Å². The third-order valence-corrected chi connectivity index (χ3v) is 2.57. The summed E-state index contributed by atoms with van der Waals surface area (Å²) in [6.07, 6.45) is -5.07. The normalized spacial score (nSPS) is 11.4. The van der Waals surface area contributed by atoms with Crippen molar-refractivity contribution < 1.29 is 22.6 Å². The molecule has 0 unspecified atom stereocenters. The largest absolute Gasteiger partial charge is 0.496 e. The van der Waals surface area contributed by atoms with E-state index in [1.807, 2.05) is 0 Å². The average Bonchev–Trinajstić information content (AvgIpc) is 2.36. The van der Waals surface area contributed by atoms with Crippen LogP contribution in [0.4, 0.5) is 13.2 Å². The predicted molar refractivity (Wildman–Crippen MR) is 69.0 cm³/mol. The molecule has 0 atom stereocenters. The number of nitrogens with one attached hydrogen (secondary N) is 1. The van der Waals surface area contributed by atoms with Gasteiger partial charge in [-0.15, -0.1) is 0 Å². The number of nitrogens with two attached hydrogens (primary N) is 1. The molecule has 0 saturated heterocycles. The number of amidine groups is 1. The highest BCUT2D eigenvalue weighted by Gasteiger charge is 2.25. The standard InChI is InChI=1S/C13H17F3N2O2/c1-19-11-4-3-9(7-10(11)12(17)18)8-20-6-2-5-13(14,15)16/h3-4,7H,2,5-6,8H2,1H3,(H3,17,18). The molecule has 1 aromatic rings. The van der Waals surface area contributed by atoms with E-state index in [0.29, 0.717) is 11.3 Å². The highest BCUT2D eigenvalue weighted by Crippen LogP contribution is 2.22. The fraction of sp³-hybridized carbons (Fsp3) is 0.462. The van der Waals surface area contributed by atoms with Crippen LogP contribution in [0.25, 0.3) is 0 Å². The lowest BCUT2D eigenvalue weighted by Gasteiger charge is -2.10. The highest BCUT2D eigenvalue weighted by atomic mass is 19.4. The summed E-state index contributed by atoms with van der Waals surface area (Å²) >= 11 is 0. The Bertz CT molecular complexity index is 461. The maximum absolute atomic E-state index is 11.9. The van der Waals surface area contributed by atoms with Crippen molar-refractivity contribution in [2.24, 2.45) is 5.73 Å². The van der Waals surface area contributed by atoms with Crippen molar-refractivity contribution in [1.29, 1.82) is 5.41 Å². The molecule has 0 aliphatic heterocycles. The van der Waals surface area contributed by atoms with E-state index >= 15 is 0 Å². The van der Waals surface area contributed by atoms with Crippen LogP contribution in [-0.4, -0.2) is 25.7 Å². The third kappa shape index (κ3) is 5.48. The van der Waals surface area contributed by atoms with Gasteiger partial charge < -0.3 is 15.2 Å². The van der Waals surface area contributed by atoms with Crippen LogP contribution >= 0.6 is 0 Å². The lowest BCUT2D eigenvalue weighted by atomic mass is 10.1. The van der Waals surface area contributed by atoms with Gasteiger partial charge in [-0.3, -0.25) is 5.41 Å². The molecule has 0 aliphatic rings. The summed E-state index contributed by atoms with van der Waals surface area (Å²) < 4.78 is 46.0. The van der Waals surface area contributed by atoms with E-state index in [9.17, 15) is 13.2 Å². The molecular formula is C13H17F3N2O2.